The third kappa shape index (κ3) is 4.57. The summed E-state index contributed by atoms with van der Waals surface area (Å²) in [6.07, 6.45) is 3.18. The van der Waals surface area contributed by atoms with Crippen molar-refractivity contribution in [2.24, 2.45) is 5.92 Å². The van der Waals surface area contributed by atoms with Gasteiger partial charge in [0.05, 0.1) is 6.10 Å². The van der Waals surface area contributed by atoms with Crippen LogP contribution in [0.3, 0.4) is 0 Å². The molecule has 2 rings (SSSR count). The van der Waals surface area contributed by atoms with E-state index in [9.17, 15) is 4.79 Å². The monoisotopic (exact) mass is 278 g/mol. The van der Waals surface area contributed by atoms with Gasteiger partial charge in [-0.3, -0.25) is 4.79 Å². The van der Waals surface area contributed by atoms with E-state index in [0.717, 1.165) is 11.3 Å². The summed E-state index contributed by atoms with van der Waals surface area (Å²) in [4.78, 5) is 12.3. The van der Waals surface area contributed by atoms with E-state index >= 15 is 0 Å². The number of rotatable bonds is 5. The molecule has 0 spiro atoms. The van der Waals surface area contributed by atoms with Gasteiger partial charge in [0, 0.05) is 12.0 Å². The van der Waals surface area contributed by atoms with E-state index in [1.54, 1.807) is 0 Å². The van der Waals surface area contributed by atoms with Gasteiger partial charge in [-0.15, -0.1) is 0 Å². The summed E-state index contributed by atoms with van der Waals surface area (Å²) in [5.74, 6) is 4.03. The van der Waals surface area contributed by atoms with Crippen molar-refractivity contribution in [1.82, 2.24) is 0 Å². The minimum Gasteiger partial charge on any atom is -0.491 e. The molecule has 0 atom stereocenters. The highest BCUT2D eigenvalue weighted by Gasteiger charge is 2.18. The molecule has 0 saturated carbocycles. The summed E-state index contributed by atoms with van der Waals surface area (Å²) in [5, 5.41) is 0. The Labute approximate surface area is 119 Å². The second kappa shape index (κ2) is 6.99. The van der Waals surface area contributed by atoms with Gasteiger partial charge >= 0.3 is 0 Å². The number of carbonyl (C=O) groups is 1. The van der Waals surface area contributed by atoms with Crippen molar-refractivity contribution in [2.45, 2.75) is 39.2 Å². The smallest absolute Gasteiger partial charge is 0.163 e. The molecule has 1 aromatic carbocycles. The van der Waals surface area contributed by atoms with Crippen molar-refractivity contribution < 1.29 is 9.53 Å². The summed E-state index contributed by atoms with van der Waals surface area (Å²) in [6, 6.07) is 7.59. The first-order valence-electron chi connectivity index (χ1n) is 7.03. The van der Waals surface area contributed by atoms with Crippen molar-refractivity contribution in [3.8, 4) is 5.75 Å². The van der Waals surface area contributed by atoms with E-state index in [1.807, 2.05) is 49.9 Å². The maximum atomic E-state index is 12.3. The van der Waals surface area contributed by atoms with Crippen LogP contribution in [0.5, 0.6) is 5.75 Å². The fourth-order valence-corrected chi connectivity index (χ4v) is 3.55. The number of ketones is 1. The lowest BCUT2D eigenvalue weighted by molar-refractivity contribution is 0.0958. The fraction of sp³-hybridized carbons (Fsp3) is 0.562. The standard InChI is InChI=1S/C16H22O2S/c1-12(2)18-15-5-3-4-14(11-15)16(17)10-13-6-8-19-9-7-13/h3-5,11-13H,6-10H2,1-2H3. The average Bonchev–Trinajstić information content (AvgIpc) is 2.39. The Bertz CT molecular complexity index is 423. The highest BCUT2D eigenvalue weighted by atomic mass is 32.2. The Morgan fingerprint density at radius 2 is 2.11 bits per heavy atom. The molecule has 1 fully saturated rings. The van der Waals surface area contributed by atoms with Crippen molar-refractivity contribution in [2.75, 3.05) is 11.5 Å². The largest absolute Gasteiger partial charge is 0.491 e. The van der Waals surface area contributed by atoms with Gasteiger partial charge in [0.25, 0.3) is 0 Å². The molecule has 1 saturated heterocycles. The maximum absolute atomic E-state index is 12.3. The number of hydrogen-bond acceptors (Lipinski definition) is 3. The lowest BCUT2D eigenvalue weighted by Crippen LogP contribution is -2.14. The van der Waals surface area contributed by atoms with E-state index in [0.29, 0.717) is 12.3 Å². The summed E-state index contributed by atoms with van der Waals surface area (Å²) in [5.41, 5.74) is 0.788. The summed E-state index contributed by atoms with van der Waals surface area (Å²) < 4.78 is 5.64. The number of carbonyl (C=O) groups excluding carboxylic acids is 1. The van der Waals surface area contributed by atoms with Crippen LogP contribution in [0.15, 0.2) is 24.3 Å². The number of ether oxygens (including phenoxy) is 1. The third-order valence-corrected chi connectivity index (χ3v) is 4.39. The average molecular weight is 278 g/mol. The topological polar surface area (TPSA) is 26.3 Å². The predicted octanol–water partition coefficient (Wildman–Crippen LogP) is 4.19. The Hall–Kier alpha value is -0.960. The number of hydrogen-bond donors (Lipinski definition) is 0. The van der Waals surface area contributed by atoms with Crippen LogP contribution in [0.1, 0.15) is 43.5 Å². The molecule has 104 valence electrons. The first-order valence-corrected chi connectivity index (χ1v) is 8.18. The van der Waals surface area contributed by atoms with Gasteiger partial charge in [0.2, 0.25) is 0 Å². The molecule has 3 heteroatoms. The summed E-state index contributed by atoms with van der Waals surface area (Å²) in [6.45, 7) is 3.99. The van der Waals surface area contributed by atoms with Crippen LogP contribution >= 0.6 is 11.8 Å². The maximum Gasteiger partial charge on any atom is 0.163 e. The van der Waals surface area contributed by atoms with Crippen LogP contribution in [0.4, 0.5) is 0 Å². The number of thioether (sulfide) groups is 1. The Morgan fingerprint density at radius 3 is 2.79 bits per heavy atom. The van der Waals surface area contributed by atoms with E-state index in [4.69, 9.17) is 4.74 Å². The van der Waals surface area contributed by atoms with Crippen LogP contribution in [-0.4, -0.2) is 23.4 Å². The lowest BCUT2D eigenvalue weighted by Gasteiger charge is -2.20. The van der Waals surface area contributed by atoms with Crippen LogP contribution in [0, 0.1) is 5.92 Å². The van der Waals surface area contributed by atoms with Gasteiger partial charge in [-0.25, -0.2) is 0 Å². The van der Waals surface area contributed by atoms with E-state index < -0.39 is 0 Å². The van der Waals surface area contributed by atoms with E-state index in [2.05, 4.69) is 0 Å². The molecule has 1 aliphatic heterocycles. The van der Waals surface area contributed by atoms with Crippen LogP contribution < -0.4 is 4.74 Å². The second-order valence-corrected chi connectivity index (χ2v) is 6.60. The van der Waals surface area contributed by atoms with Crippen molar-refractivity contribution in [3.63, 3.8) is 0 Å². The molecule has 1 aliphatic rings. The highest BCUT2D eigenvalue weighted by molar-refractivity contribution is 7.99. The second-order valence-electron chi connectivity index (χ2n) is 5.38. The molecule has 1 aromatic rings. The molecule has 0 aliphatic carbocycles. The summed E-state index contributed by atoms with van der Waals surface area (Å²) in [7, 11) is 0. The van der Waals surface area contributed by atoms with E-state index in [-0.39, 0.29) is 11.9 Å². The Kier molecular flexibility index (Phi) is 5.32. The molecule has 0 N–H and O–H groups in total. The molecular formula is C16H22O2S. The SMILES string of the molecule is CC(C)Oc1cccc(C(=O)CC2CCSCC2)c1. The first kappa shape index (κ1) is 14.4. The molecule has 1 heterocycles. The molecule has 19 heavy (non-hydrogen) atoms. The zero-order valence-corrected chi connectivity index (χ0v) is 12.5. The molecular weight excluding hydrogens is 256 g/mol. The first-order chi connectivity index (χ1) is 9.15. The minimum absolute atomic E-state index is 0.140. The van der Waals surface area contributed by atoms with Gasteiger partial charge < -0.3 is 4.74 Å². The molecule has 2 nitrogen and oxygen atoms in total. The predicted molar refractivity (Wildman–Crippen MR) is 81.2 cm³/mol. The normalized spacial score (nSPS) is 16.6. The quantitative estimate of drug-likeness (QED) is 0.755. The van der Waals surface area contributed by atoms with Crippen LogP contribution in [0.2, 0.25) is 0 Å². The van der Waals surface area contributed by atoms with Crippen LogP contribution in [0.25, 0.3) is 0 Å². The Morgan fingerprint density at radius 1 is 1.37 bits per heavy atom. The summed E-state index contributed by atoms with van der Waals surface area (Å²) >= 11 is 2.00. The fourth-order valence-electron chi connectivity index (χ4n) is 2.35. The van der Waals surface area contributed by atoms with Crippen molar-refractivity contribution in [3.05, 3.63) is 29.8 Å². The zero-order chi connectivity index (χ0) is 13.7. The van der Waals surface area contributed by atoms with Crippen molar-refractivity contribution >= 4 is 17.5 Å². The van der Waals surface area contributed by atoms with Gasteiger partial charge in [0.15, 0.2) is 5.78 Å². The third-order valence-electron chi connectivity index (χ3n) is 3.34. The Balaban J connectivity index is 1.97. The molecule has 0 radical (unpaired) electrons. The zero-order valence-electron chi connectivity index (χ0n) is 11.7. The molecule has 0 bridgehead atoms. The molecule has 0 amide bonds. The minimum atomic E-state index is 0.140. The van der Waals surface area contributed by atoms with Gasteiger partial charge in [-0.05, 0) is 56.2 Å². The van der Waals surface area contributed by atoms with Crippen molar-refractivity contribution in [1.29, 1.82) is 0 Å². The highest BCUT2D eigenvalue weighted by Crippen LogP contribution is 2.27. The number of Topliss-reactive ketones (excluding diaryl/α,β-unsaturated/α-hetero) is 1. The number of benzene rings is 1. The van der Waals surface area contributed by atoms with Gasteiger partial charge in [-0.1, -0.05) is 12.1 Å². The molecule has 0 unspecified atom stereocenters. The lowest BCUT2D eigenvalue weighted by atomic mass is 9.93. The van der Waals surface area contributed by atoms with Gasteiger partial charge in [0.1, 0.15) is 5.75 Å². The van der Waals surface area contributed by atoms with Crippen LogP contribution in [-0.2, 0) is 0 Å². The molecule has 0 aromatic heterocycles. The van der Waals surface area contributed by atoms with E-state index in [1.165, 1.54) is 24.3 Å². The van der Waals surface area contributed by atoms with Gasteiger partial charge in [-0.2, -0.15) is 11.8 Å².